The summed E-state index contributed by atoms with van der Waals surface area (Å²) >= 11 is 0. The van der Waals surface area contributed by atoms with Gasteiger partial charge in [0.15, 0.2) is 0 Å². The van der Waals surface area contributed by atoms with E-state index in [-0.39, 0.29) is 11.4 Å². The minimum Gasteiger partial charge on any atom is -0.466 e. The Bertz CT molecular complexity index is 1340. The van der Waals surface area contributed by atoms with Crippen LogP contribution < -0.4 is 20.1 Å². The molecule has 0 aromatic heterocycles. The summed E-state index contributed by atoms with van der Waals surface area (Å²) in [5.41, 5.74) is -1.98. The number of anilines is 1. The first-order valence-corrected chi connectivity index (χ1v) is 9.87. The quantitative estimate of drug-likeness (QED) is 0.601. The Hall–Kier alpha value is -4.26. The Labute approximate surface area is 194 Å². The van der Waals surface area contributed by atoms with Crippen molar-refractivity contribution in [3.63, 3.8) is 0 Å². The molecular weight excluding hydrogens is 475 g/mol. The molecule has 1 aliphatic carbocycles. The number of carbonyl (C=O) groups is 3. The van der Waals surface area contributed by atoms with Gasteiger partial charge >= 0.3 is 18.4 Å². The van der Waals surface area contributed by atoms with Gasteiger partial charge in [-0.1, -0.05) is 24.3 Å². The van der Waals surface area contributed by atoms with Crippen LogP contribution in [-0.4, -0.2) is 50.4 Å². The summed E-state index contributed by atoms with van der Waals surface area (Å²) < 4.78 is 56.4. The lowest BCUT2D eigenvalue weighted by atomic mass is 10.0. The lowest BCUT2D eigenvalue weighted by Crippen LogP contribution is -2.51. The van der Waals surface area contributed by atoms with E-state index in [1.54, 1.807) is 24.3 Å². The predicted molar refractivity (Wildman–Crippen MR) is 111 cm³/mol. The molecule has 2 aliphatic rings. The van der Waals surface area contributed by atoms with Gasteiger partial charge in [0.2, 0.25) is 5.60 Å². The van der Waals surface area contributed by atoms with Crippen molar-refractivity contribution in [2.75, 3.05) is 19.1 Å². The molecule has 35 heavy (non-hydrogen) atoms. The van der Waals surface area contributed by atoms with Crippen LogP contribution in [0.4, 0.5) is 23.7 Å². The molecule has 10 nitrogen and oxygen atoms in total. The Morgan fingerprint density at radius 1 is 1.03 bits per heavy atom. The van der Waals surface area contributed by atoms with Crippen LogP contribution in [0.25, 0.3) is 11.8 Å². The van der Waals surface area contributed by atoms with Gasteiger partial charge < -0.3 is 18.9 Å². The molecule has 2 unspecified atom stereocenters. The van der Waals surface area contributed by atoms with E-state index >= 15 is 0 Å². The Balaban J connectivity index is 1.70. The van der Waals surface area contributed by atoms with Crippen LogP contribution in [-0.2, 0) is 23.8 Å². The Morgan fingerprint density at radius 3 is 2.34 bits per heavy atom. The number of hydrogen-bond donors (Lipinski definition) is 0. The van der Waals surface area contributed by atoms with Gasteiger partial charge in [-0.05, 0) is 35.6 Å². The van der Waals surface area contributed by atoms with Crippen LogP contribution in [0.15, 0.2) is 58.8 Å². The summed E-state index contributed by atoms with van der Waals surface area (Å²) in [6, 6.07) is 10.7. The summed E-state index contributed by atoms with van der Waals surface area (Å²) in [6.07, 6.45) is -6.48. The summed E-state index contributed by atoms with van der Waals surface area (Å²) in [6.45, 7) is 0. The van der Waals surface area contributed by atoms with E-state index in [0.717, 1.165) is 38.5 Å². The number of imide groups is 1. The minimum absolute atomic E-state index is 0.0993. The fraction of sp³-hybridized carbons (Fsp3) is 0.227. The molecule has 0 bridgehead atoms. The van der Waals surface area contributed by atoms with Crippen molar-refractivity contribution in [3.8, 4) is 5.75 Å². The molecule has 2 aromatic rings. The number of ether oxygens (including phenoxy) is 4. The first-order valence-electron chi connectivity index (χ1n) is 9.87. The number of fused-ring (bicyclic) bond motifs is 2. The van der Waals surface area contributed by atoms with Gasteiger partial charge in [-0.15, -0.1) is 18.3 Å². The van der Waals surface area contributed by atoms with Crippen molar-refractivity contribution >= 4 is 35.4 Å². The number of alkyl halides is 3. The number of methoxy groups -OCH3 is 2. The van der Waals surface area contributed by atoms with Crippen LogP contribution in [0.3, 0.4) is 0 Å². The number of benzene rings is 2. The normalized spacial score (nSPS) is 20.3. The maximum Gasteiger partial charge on any atom is 0.573 e. The van der Waals surface area contributed by atoms with Crippen LogP contribution in [0.2, 0.25) is 0 Å². The lowest BCUT2D eigenvalue weighted by Gasteiger charge is -2.32. The number of azo groups is 1. The van der Waals surface area contributed by atoms with E-state index in [1.165, 1.54) is 6.08 Å². The standard InChI is InChI=1S/C22H16F3N3O7/c1-32-19(30)21-11-12-5-3-4-6-15(12)16(21)26-27-17(35-21)18(29)28(20(31)33-2)13-7-9-14(10-8-13)34-22(23,24)25/h3-11,17H,1-2H3. The van der Waals surface area contributed by atoms with E-state index in [0.29, 0.717) is 15.3 Å². The zero-order chi connectivity index (χ0) is 25.4. The molecule has 182 valence electrons. The third-order valence-corrected chi connectivity index (χ3v) is 5.09. The largest absolute Gasteiger partial charge is 0.573 e. The third kappa shape index (κ3) is 4.33. The molecule has 0 saturated carbocycles. The molecule has 4 rings (SSSR count). The summed E-state index contributed by atoms with van der Waals surface area (Å²) in [5.74, 6) is -2.57. The highest BCUT2D eigenvalue weighted by molar-refractivity contribution is 6.14. The molecule has 0 saturated heterocycles. The van der Waals surface area contributed by atoms with Crippen molar-refractivity contribution in [2.24, 2.45) is 10.2 Å². The van der Waals surface area contributed by atoms with Crippen molar-refractivity contribution in [1.82, 2.24) is 0 Å². The lowest BCUT2D eigenvalue weighted by molar-refractivity contribution is -0.274. The van der Waals surface area contributed by atoms with Crippen LogP contribution in [0, 0.1) is 0 Å². The third-order valence-electron chi connectivity index (χ3n) is 5.09. The first kappa shape index (κ1) is 23.9. The fourth-order valence-electron chi connectivity index (χ4n) is 3.63. The van der Waals surface area contributed by atoms with Gasteiger partial charge in [0.25, 0.3) is 12.1 Å². The van der Waals surface area contributed by atoms with Crippen LogP contribution >= 0.6 is 0 Å². The zero-order valence-corrected chi connectivity index (χ0v) is 18.1. The average molecular weight is 491 g/mol. The second kappa shape index (κ2) is 8.83. The number of hydrogen-bond acceptors (Lipinski definition) is 9. The number of esters is 1. The molecule has 0 spiro atoms. The summed E-state index contributed by atoms with van der Waals surface area (Å²) in [7, 11) is 2.12. The van der Waals surface area contributed by atoms with E-state index in [9.17, 15) is 27.6 Å². The van der Waals surface area contributed by atoms with Crippen molar-refractivity contribution in [1.29, 1.82) is 0 Å². The zero-order valence-electron chi connectivity index (χ0n) is 18.1. The molecular formula is C22H16F3N3O7. The van der Waals surface area contributed by atoms with E-state index in [2.05, 4.69) is 19.7 Å². The number of carbonyl (C=O) groups excluding carboxylic acids is 3. The summed E-state index contributed by atoms with van der Waals surface area (Å²) in [5, 5.41) is 8.99. The first-order chi connectivity index (χ1) is 16.6. The molecule has 2 atom stereocenters. The maximum atomic E-state index is 13.3. The van der Waals surface area contributed by atoms with Crippen molar-refractivity contribution in [3.05, 3.63) is 59.0 Å². The molecule has 2 amide bonds. The predicted octanol–water partition coefficient (Wildman–Crippen LogP) is 2.01. The molecule has 1 aliphatic heterocycles. The molecule has 1 heterocycles. The van der Waals surface area contributed by atoms with Gasteiger partial charge in [-0.3, -0.25) is 4.79 Å². The average Bonchev–Trinajstić information content (AvgIpc) is 3.18. The van der Waals surface area contributed by atoms with Gasteiger partial charge in [-0.25, -0.2) is 14.5 Å². The molecule has 0 N–H and O–H groups in total. The number of rotatable bonds is 4. The molecule has 0 fully saturated rings. The van der Waals surface area contributed by atoms with E-state index < -0.39 is 41.9 Å². The SMILES string of the molecule is COC(=O)N(C(=O)C1N=NC2=c3ccccc3=CC2(C(=O)OC)O1)c1ccc(OC(F)(F)F)cc1. The topological polar surface area (TPSA) is 116 Å². The number of amides is 2. The Kier molecular flexibility index (Phi) is 6.03. The van der Waals surface area contributed by atoms with Crippen molar-refractivity contribution < 1.29 is 46.5 Å². The smallest absolute Gasteiger partial charge is 0.466 e. The fourth-order valence-corrected chi connectivity index (χ4v) is 3.63. The van der Waals surface area contributed by atoms with Crippen LogP contribution in [0.5, 0.6) is 5.75 Å². The van der Waals surface area contributed by atoms with Gasteiger partial charge in [0.05, 0.1) is 19.9 Å². The summed E-state index contributed by atoms with van der Waals surface area (Å²) in [4.78, 5) is 39.0. The highest BCUT2D eigenvalue weighted by Crippen LogP contribution is 2.36. The molecule has 13 heteroatoms. The molecule has 2 aromatic carbocycles. The van der Waals surface area contributed by atoms with Crippen molar-refractivity contribution in [2.45, 2.75) is 18.2 Å². The highest BCUT2D eigenvalue weighted by atomic mass is 19.4. The monoisotopic (exact) mass is 491 g/mol. The van der Waals surface area contributed by atoms with Gasteiger partial charge in [-0.2, -0.15) is 5.11 Å². The molecule has 0 radical (unpaired) electrons. The number of nitrogens with zero attached hydrogens (tertiary/aromatic N) is 3. The second-order valence-electron chi connectivity index (χ2n) is 7.18. The van der Waals surface area contributed by atoms with E-state index in [4.69, 9.17) is 9.47 Å². The Morgan fingerprint density at radius 2 is 1.71 bits per heavy atom. The second-order valence-corrected chi connectivity index (χ2v) is 7.18. The van der Waals surface area contributed by atoms with Crippen LogP contribution in [0.1, 0.15) is 0 Å². The minimum atomic E-state index is -4.93. The van der Waals surface area contributed by atoms with E-state index in [1.807, 2.05) is 0 Å². The van der Waals surface area contributed by atoms with Gasteiger partial charge in [0.1, 0.15) is 11.4 Å². The van der Waals surface area contributed by atoms with Gasteiger partial charge in [0, 0.05) is 5.22 Å². The highest BCUT2D eigenvalue weighted by Gasteiger charge is 2.52. The maximum absolute atomic E-state index is 13.3. The number of halogens is 3.